The van der Waals surface area contributed by atoms with Crippen LogP contribution in [0.3, 0.4) is 0 Å². The summed E-state index contributed by atoms with van der Waals surface area (Å²) in [4.78, 5) is 27.5. The summed E-state index contributed by atoms with van der Waals surface area (Å²) >= 11 is 0. The number of carbonyl (C=O) groups excluding carboxylic acids is 2. The number of nitrogens with one attached hydrogen (secondary N) is 2. The summed E-state index contributed by atoms with van der Waals surface area (Å²) in [6.45, 7) is 10.0. The number of nitrogens with zero attached hydrogens (tertiary/aromatic N) is 1. The van der Waals surface area contributed by atoms with E-state index in [0.29, 0.717) is 31.2 Å². The van der Waals surface area contributed by atoms with Gasteiger partial charge < -0.3 is 20.3 Å². The highest BCUT2D eigenvalue weighted by molar-refractivity contribution is 5.99. The van der Waals surface area contributed by atoms with Crippen molar-refractivity contribution in [2.45, 2.75) is 46.3 Å². The summed E-state index contributed by atoms with van der Waals surface area (Å²) < 4.78 is 5.45. The fourth-order valence-electron chi connectivity index (χ4n) is 3.60. The molecule has 166 valence electrons. The zero-order valence-corrected chi connectivity index (χ0v) is 18.9. The lowest BCUT2D eigenvalue weighted by atomic mass is 10.1. The van der Waals surface area contributed by atoms with E-state index in [2.05, 4.69) is 24.5 Å². The number of ether oxygens (including phenoxy) is 1. The number of fused-ring (bicyclic) bond motifs is 1. The lowest BCUT2D eigenvalue weighted by molar-refractivity contribution is 0.0708. The summed E-state index contributed by atoms with van der Waals surface area (Å²) in [7, 11) is 0. The number of benzene rings is 2. The van der Waals surface area contributed by atoms with Crippen LogP contribution in [-0.4, -0.2) is 42.5 Å². The zero-order valence-electron chi connectivity index (χ0n) is 18.9. The quantitative estimate of drug-likeness (QED) is 0.554. The van der Waals surface area contributed by atoms with Gasteiger partial charge in [0.25, 0.3) is 11.8 Å². The number of hydrogen-bond donors (Lipinski definition) is 2. The number of carbonyl (C=O) groups is 2. The second-order valence-electron chi connectivity index (χ2n) is 8.27. The zero-order chi connectivity index (χ0) is 22.4. The molecule has 2 amide bonds. The van der Waals surface area contributed by atoms with E-state index in [1.165, 1.54) is 0 Å². The molecule has 2 aromatic rings. The monoisotopic (exact) mass is 423 g/mol. The second kappa shape index (κ2) is 10.4. The Morgan fingerprint density at radius 1 is 1.13 bits per heavy atom. The lowest BCUT2D eigenvalue weighted by Gasteiger charge is -2.27. The van der Waals surface area contributed by atoms with E-state index in [4.69, 9.17) is 4.74 Å². The van der Waals surface area contributed by atoms with E-state index in [-0.39, 0.29) is 24.0 Å². The van der Waals surface area contributed by atoms with Crippen molar-refractivity contribution in [2.75, 3.05) is 25.1 Å². The van der Waals surface area contributed by atoms with Gasteiger partial charge in [-0.05, 0) is 50.5 Å². The minimum atomic E-state index is -0.279. The molecular weight excluding hydrogens is 390 g/mol. The molecule has 0 saturated carbocycles. The molecule has 0 unspecified atom stereocenters. The summed E-state index contributed by atoms with van der Waals surface area (Å²) in [6, 6.07) is 15.2. The Bertz CT molecular complexity index is 912. The maximum atomic E-state index is 13.0. The van der Waals surface area contributed by atoms with E-state index >= 15 is 0 Å². The molecule has 3 rings (SSSR count). The summed E-state index contributed by atoms with van der Waals surface area (Å²) in [5.41, 5.74) is 3.07. The van der Waals surface area contributed by atoms with Gasteiger partial charge >= 0.3 is 0 Å². The highest BCUT2D eigenvalue weighted by Gasteiger charge is 2.36. The van der Waals surface area contributed by atoms with E-state index < -0.39 is 0 Å². The molecule has 31 heavy (non-hydrogen) atoms. The topological polar surface area (TPSA) is 70.7 Å². The Labute approximate surface area is 185 Å². The van der Waals surface area contributed by atoms with Crippen molar-refractivity contribution in [3.05, 3.63) is 65.2 Å². The van der Waals surface area contributed by atoms with Gasteiger partial charge in [-0.15, -0.1) is 0 Å². The highest BCUT2D eigenvalue weighted by atomic mass is 16.5. The average molecular weight is 424 g/mol. The summed E-state index contributed by atoms with van der Waals surface area (Å²) in [5.74, 6) is 0.280. The van der Waals surface area contributed by atoms with Gasteiger partial charge in [-0.1, -0.05) is 38.1 Å². The maximum Gasteiger partial charge on any atom is 0.256 e. The van der Waals surface area contributed by atoms with Gasteiger partial charge in [0, 0.05) is 48.2 Å². The summed E-state index contributed by atoms with van der Waals surface area (Å²) in [6.07, 6.45) is 0.486. The predicted molar refractivity (Wildman–Crippen MR) is 123 cm³/mol. The molecule has 0 radical (unpaired) electrons. The van der Waals surface area contributed by atoms with Gasteiger partial charge in [-0.3, -0.25) is 9.59 Å². The number of anilines is 1. The van der Waals surface area contributed by atoms with Gasteiger partial charge in [-0.2, -0.15) is 0 Å². The molecule has 6 nitrogen and oxygen atoms in total. The van der Waals surface area contributed by atoms with Crippen molar-refractivity contribution in [2.24, 2.45) is 5.92 Å². The van der Waals surface area contributed by atoms with Crippen LogP contribution in [0.1, 0.15) is 66.6 Å². The van der Waals surface area contributed by atoms with Gasteiger partial charge in [-0.25, -0.2) is 0 Å². The fraction of sp³-hybridized carbons (Fsp3) is 0.440. The fourth-order valence-corrected chi connectivity index (χ4v) is 3.60. The van der Waals surface area contributed by atoms with Crippen LogP contribution in [0.15, 0.2) is 48.5 Å². The number of amides is 2. The Kier molecular flexibility index (Phi) is 7.69. The van der Waals surface area contributed by atoms with Gasteiger partial charge in [0.1, 0.15) is 6.17 Å². The van der Waals surface area contributed by atoms with E-state index in [1.54, 1.807) is 6.07 Å². The largest absolute Gasteiger partial charge is 0.382 e. The molecular formula is C25H33N3O3. The number of hydrogen-bond acceptors (Lipinski definition) is 4. The first kappa shape index (κ1) is 22.8. The molecule has 2 N–H and O–H groups in total. The molecule has 2 atom stereocenters. The second-order valence-corrected chi connectivity index (χ2v) is 8.27. The Hall–Kier alpha value is -2.86. The van der Waals surface area contributed by atoms with E-state index in [0.717, 1.165) is 23.2 Å². The Balaban J connectivity index is 1.78. The maximum absolute atomic E-state index is 13.0. The Morgan fingerprint density at radius 3 is 2.65 bits per heavy atom. The first-order valence-electron chi connectivity index (χ1n) is 11.1. The van der Waals surface area contributed by atoms with Crippen LogP contribution in [0.25, 0.3) is 0 Å². The first-order valence-corrected chi connectivity index (χ1v) is 11.1. The third kappa shape index (κ3) is 5.44. The highest BCUT2D eigenvalue weighted by Crippen LogP contribution is 2.34. The minimum Gasteiger partial charge on any atom is -0.382 e. The van der Waals surface area contributed by atoms with E-state index in [9.17, 15) is 9.59 Å². The van der Waals surface area contributed by atoms with Crippen molar-refractivity contribution in [1.82, 2.24) is 10.2 Å². The molecule has 0 aromatic heterocycles. The summed E-state index contributed by atoms with van der Waals surface area (Å²) in [5, 5.41) is 6.52. The average Bonchev–Trinajstić information content (AvgIpc) is 3.02. The molecule has 0 fully saturated rings. The van der Waals surface area contributed by atoms with Gasteiger partial charge in [0.15, 0.2) is 0 Å². The third-order valence-corrected chi connectivity index (χ3v) is 5.74. The normalized spacial score (nSPS) is 16.4. The number of rotatable bonds is 10. The smallest absolute Gasteiger partial charge is 0.256 e. The van der Waals surface area contributed by atoms with Crippen LogP contribution in [-0.2, 0) is 4.74 Å². The molecule has 1 aliphatic rings. The van der Waals surface area contributed by atoms with Crippen molar-refractivity contribution >= 4 is 17.5 Å². The lowest BCUT2D eigenvalue weighted by Crippen LogP contribution is -2.36. The van der Waals surface area contributed by atoms with Crippen molar-refractivity contribution in [3.8, 4) is 0 Å². The van der Waals surface area contributed by atoms with Crippen LogP contribution >= 0.6 is 0 Å². The SMILES string of the molecule is CCOCCCN1C(=O)c2ccccc2[C@@H]1Nc1cccc(C(=O)N[C@@H](C)C(C)C)c1. The molecule has 1 heterocycles. The van der Waals surface area contributed by atoms with Gasteiger partial charge in [0.05, 0.1) is 0 Å². The molecule has 0 saturated heterocycles. The van der Waals surface area contributed by atoms with Crippen LogP contribution in [0, 0.1) is 5.92 Å². The standard InChI is InChI=1S/C25H33N3O3/c1-5-31-15-9-14-28-23(21-12-6-7-13-22(21)25(28)30)27-20-11-8-10-19(16-20)24(29)26-18(4)17(2)3/h6-8,10-13,16-18,23,27H,5,9,14-15H2,1-4H3,(H,26,29)/t18-,23+/m0/s1. The molecule has 0 spiro atoms. The minimum absolute atomic E-state index is 0.0178. The first-order chi connectivity index (χ1) is 14.9. The van der Waals surface area contributed by atoms with E-state index in [1.807, 2.05) is 61.2 Å². The van der Waals surface area contributed by atoms with Crippen molar-refractivity contribution in [1.29, 1.82) is 0 Å². The predicted octanol–water partition coefficient (Wildman–Crippen LogP) is 4.45. The van der Waals surface area contributed by atoms with Crippen LogP contribution < -0.4 is 10.6 Å². The molecule has 6 heteroatoms. The Morgan fingerprint density at radius 2 is 1.90 bits per heavy atom. The molecule has 1 aliphatic heterocycles. The van der Waals surface area contributed by atoms with Gasteiger partial charge in [0.2, 0.25) is 0 Å². The third-order valence-electron chi connectivity index (χ3n) is 5.74. The van der Waals surface area contributed by atoms with Crippen LogP contribution in [0.2, 0.25) is 0 Å². The van der Waals surface area contributed by atoms with Crippen LogP contribution in [0.4, 0.5) is 5.69 Å². The molecule has 2 aromatic carbocycles. The molecule has 0 aliphatic carbocycles. The van der Waals surface area contributed by atoms with Crippen molar-refractivity contribution in [3.63, 3.8) is 0 Å². The van der Waals surface area contributed by atoms with Crippen molar-refractivity contribution < 1.29 is 14.3 Å². The van der Waals surface area contributed by atoms with Crippen LogP contribution in [0.5, 0.6) is 0 Å². The molecule has 0 bridgehead atoms.